The Balaban J connectivity index is 1.17. The molecular weight excluding hydrogens is 886 g/mol. The lowest BCUT2D eigenvalue weighted by molar-refractivity contribution is 0.194. The maximum Gasteiger partial charge on any atom is 0.252 e. The average Bonchev–Trinajstić information content (AvgIpc) is 3.69. The molecule has 2 saturated carbocycles. The third-order valence-electron chi connectivity index (χ3n) is 20.2. The topological polar surface area (TPSA) is 9.72 Å². The highest BCUT2D eigenvalue weighted by atomic mass is 28.3. The second kappa shape index (κ2) is 15.1. The van der Waals surface area contributed by atoms with Crippen molar-refractivity contribution >= 4 is 86.9 Å². The monoisotopic (exact) mass is 962 g/mol. The molecule has 3 nitrogen and oxygen atoms in total. The molecular formula is C67H76BN3Si. The third-order valence-corrected chi connectivity index (χ3v) is 22.2. The molecule has 0 radical (unpaired) electrons. The number of hydrogen-bond donors (Lipinski definition) is 0. The largest absolute Gasteiger partial charge is 0.335 e. The van der Waals surface area contributed by atoms with E-state index in [0.29, 0.717) is 0 Å². The first-order valence-corrected chi connectivity index (χ1v) is 31.2. The molecule has 0 amide bonds. The van der Waals surface area contributed by atoms with Crippen molar-refractivity contribution in [3.05, 3.63) is 150 Å². The molecule has 4 aliphatic heterocycles. The molecule has 6 aliphatic rings. The number of para-hydroxylation sites is 1. The van der Waals surface area contributed by atoms with E-state index >= 15 is 0 Å². The average molecular weight is 962 g/mol. The van der Waals surface area contributed by atoms with Crippen LogP contribution in [0, 0.1) is 0 Å². The van der Waals surface area contributed by atoms with Gasteiger partial charge in [-0.15, -0.1) is 0 Å². The molecule has 2 fully saturated rings. The lowest BCUT2D eigenvalue weighted by Gasteiger charge is -2.54. The van der Waals surface area contributed by atoms with Crippen molar-refractivity contribution in [2.24, 2.45) is 0 Å². The summed E-state index contributed by atoms with van der Waals surface area (Å²) in [4.78, 5) is 8.59. The quantitative estimate of drug-likeness (QED) is 0.163. The van der Waals surface area contributed by atoms with Crippen molar-refractivity contribution in [1.29, 1.82) is 0 Å². The lowest BCUT2D eigenvalue weighted by Crippen LogP contribution is -2.64. The van der Waals surface area contributed by atoms with Crippen LogP contribution in [0.25, 0.3) is 21.9 Å². The van der Waals surface area contributed by atoms with Gasteiger partial charge in [0, 0.05) is 50.5 Å². The summed E-state index contributed by atoms with van der Waals surface area (Å²) in [5.41, 5.74) is 22.1. The van der Waals surface area contributed by atoms with Crippen LogP contribution in [0.15, 0.2) is 127 Å². The van der Waals surface area contributed by atoms with Crippen LogP contribution in [-0.2, 0) is 21.7 Å². The predicted molar refractivity (Wildman–Crippen MR) is 315 cm³/mol. The predicted octanol–water partition coefficient (Wildman–Crippen LogP) is 15.7. The maximum atomic E-state index is 2.95. The second-order valence-corrected chi connectivity index (χ2v) is 32.3. The highest BCUT2D eigenvalue weighted by molar-refractivity contribution is 7.00. The highest BCUT2D eigenvalue weighted by Gasteiger charge is 2.62. The van der Waals surface area contributed by atoms with E-state index in [1.807, 2.05) is 0 Å². The summed E-state index contributed by atoms with van der Waals surface area (Å²) in [5, 5.41) is 4.12. The molecule has 0 bridgehead atoms. The molecule has 4 heterocycles. The normalized spacial score (nSPS) is 25.0. The number of nitrogens with zero attached hydrogens (tertiary/aromatic N) is 3. The number of benzene rings is 7. The number of fused-ring (bicyclic) bond motifs is 11. The minimum atomic E-state index is -1.59. The standard InChI is InChI=1S/C67H76BN3Si/c1-62(2,3)46-27-30-55(50(38-46)45-26-25-43-21-14-15-22-44(43)37-45)69-57-31-28-47(63(4,5)6)39-54(57)68-53-24-20-23-51-61(53)71(67(10)36-19-16-33-64(51,67)7)59-41-48(40-58(69)60(59)68)70-56-32-29-49(72(11,12)13)42-52(56)65(8)34-17-18-35-66(65,70)9/h14-15,20-32,37-42H,16-19,33-36H2,1-13H3. The third kappa shape index (κ3) is 6.15. The fraction of sp³-hybridized carbons (Fsp3) is 0.403. The Kier molecular flexibility index (Phi) is 9.68. The van der Waals surface area contributed by atoms with Crippen molar-refractivity contribution in [1.82, 2.24) is 0 Å². The van der Waals surface area contributed by atoms with Gasteiger partial charge in [-0.05, 0) is 148 Å². The Hall–Kier alpha value is -5.52. The van der Waals surface area contributed by atoms with Crippen molar-refractivity contribution in [2.75, 3.05) is 14.7 Å². The number of anilines is 7. The molecule has 7 aromatic carbocycles. The highest BCUT2D eigenvalue weighted by Crippen LogP contribution is 2.65. The van der Waals surface area contributed by atoms with Crippen molar-refractivity contribution < 1.29 is 0 Å². The SMILES string of the molecule is CC(C)(C)c1ccc2c(c1)B1c3cccc4c3N(c3cc(N5c6ccc([Si](C)(C)C)cc6C6(C)CCCCC56C)cc(c31)N2c1ccc(C(C)(C)C)cc1-c1ccc2ccccc2c1)C1(C)CCCCC41C. The van der Waals surface area contributed by atoms with Crippen LogP contribution in [0.1, 0.15) is 143 Å². The second-order valence-electron chi connectivity index (χ2n) is 27.3. The van der Waals surface area contributed by atoms with Crippen LogP contribution in [0.3, 0.4) is 0 Å². The Morgan fingerprint density at radius 1 is 0.486 bits per heavy atom. The van der Waals surface area contributed by atoms with E-state index in [9.17, 15) is 0 Å². The minimum absolute atomic E-state index is 0.0206. The summed E-state index contributed by atoms with van der Waals surface area (Å²) in [6.45, 7) is 32.4. The lowest BCUT2D eigenvalue weighted by atomic mass is 9.33. The van der Waals surface area contributed by atoms with E-state index in [2.05, 4.69) is 231 Å². The zero-order valence-electron chi connectivity index (χ0n) is 45.7. The van der Waals surface area contributed by atoms with Gasteiger partial charge in [0.25, 0.3) is 6.71 Å². The molecule has 0 saturated heterocycles. The van der Waals surface area contributed by atoms with E-state index < -0.39 is 8.07 Å². The maximum absolute atomic E-state index is 2.95. The molecule has 0 spiro atoms. The van der Waals surface area contributed by atoms with Gasteiger partial charge in [0.15, 0.2) is 0 Å². The fourth-order valence-corrected chi connectivity index (χ4v) is 16.7. The van der Waals surface area contributed by atoms with Crippen LogP contribution in [0.4, 0.5) is 39.8 Å². The van der Waals surface area contributed by atoms with Gasteiger partial charge >= 0.3 is 0 Å². The van der Waals surface area contributed by atoms with Crippen LogP contribution in [0.5, 0.6) is 0 Å². The molecule has 72 heavy (non-hydrogen) atoms. The van der Waals surface area contributed by atoms with Gasteiger partial charge in [0.1, 0.15) is 0 Å². The zero-order valence-corrected chi connectivity index (χ0v) is 46.7. The summed E-state index contributed by atoms with van der Waals surface area (Å²) in [6, 6.07) is 51.7. The first-order chi connectivity index (χ1) is 34.1. The Morgan fingerprint density at radius 2 is 1.10 bits per heavy atom. The van der Waals surface area contributed by atoms with Crippen molar-refractivity contribution in [3.8, 4) is 11.1 Å². The molecule has 13 rings (SSSR count). The summed E-state index contributed by atoms with van der Waals surface area (Å²) in [5.74, 6) is 0. The van der Waals surface area contributed by atoms with E-state index in [0.717, 1.165) is 0 Å². The molecule has 366 valence electrons. The van der Waals surface area contributed by atoms with Crippen LogP contribution in [-0.4, -0.2) is 25.9 Å². The first-order valence-electron chi connectivity index (χ1n) is 27.7. The van der Waals surface area contributed by atoms with Crippen molar-refractivity contribution in [2.45, 2.75) is 173 Å². The van der Waals surface area contributed by atoms with E-state index in [1.54, 1.807) is 16.3 Å². The van der Waals surface area contributed by atoms with Crippen LogP contribution in [0.2, 0.25) is 19.6 Å². The Morgan fingerprint density at radius 3 is 1.79 bits per heavy atom. The van der Waals surface area contributed by atoms with E-state index in [4.69, 9.17) is 0 Å². The van der Waals surface area contributed by atoms with Gasteiger partial charge in [-0.2, -0.15) is 0 Å². The molecule has 5 heteroatoms. The van der Waals surface area contributed by atoms with Gasteiger partial charge in [0.05, 0.1) is 24.8 Å². The molecule has 0 aromatic heterocycles. The molecule has 4 unspecified atom stereocenters. The number of rotatable bonds is 4. The van der Waals surface area contributed by atoms with Gasteiger partial charge in [-0.25, -0.2) is 0 Å². The minimum Gasteiger partial charge on any atom is -0.335 e. The van der Waals surface area contributed by atoms with E-state index in [-0.39, 0.29) is 39.5 Å². The van der Waals surface area contributed by atoms with Gasteiger partial charge < -0.3 is 14.7 Å². The first kappa shape index (κ1) is 46.3. The summed E-state index contributed by atoms with van der Waals surface area (Å²) >= 11 is 0. The zero-order chi connectivity index (χ0) is 50.3. The van der Waals surface area contributed by atoms with Gasteiger partial charge in [0.2, 0.25) is 0 Å². The molecule has 2 aliphatic carbocycles. The van der Waals surface area contributed by atoms with Crippen LogP contribution < -0.4 is 36.3 Å². The van der Waals surface area contributed by atoms with Gasteiger partial charge in [-0.3, -0.25) is 0 Å². The summed E-state index contributed by atoms with van der Waals surface area (Å²) < 4.78 is 0. The van der Waals surface area contributed by atoms with Crippen LogP contribution >= 0.6 is 0 Å². The summed E-state index contributed by atoms with van der Waals surface area (Å²) in [7, 11) is -1.59. The van der Waals surface area contributed by atoms with E-state index in [1.165, 1.54) is 141 Å². The fourth-order valence-electron chi connectivity index (χ4n) is 15.5. The Bertz CT molecular complexity index is 3440. The smallest absolute Gasteiger partial charge is 0.252 e. The van der Waals surface area contributed by atoms with Crippen molar-refractivity contribution in [3.63, 3.8) is 0 Å². The Labute approximate surface area is 433 Å². The van der Waals surface area contributed by atoms with Gasteiger partial charge in [-0.1, -0.05) is 191 Å². The molecule has 0 N–H and O–H groups in total. The number of hydrogen-bond acceptors (Lipinski definition) is 3. The molecule has 4 atom stereocenters. The summed E-state index contributed by atoms with van der Waals surface area (Å²) in [6.07, 6.45) is 9.84. The molecule has 7 aromatic rings.